The zero-order chi connectivity index (χ0) is 13.9. The molecule has 0 spiro atoms. The molecule has 0 heterocycles. The molecule has 4 nitrogen and oxygen atoms in total. The summed E-state index contributed by atoms with van der Waals surface area (Å²) in [6, 6.07) is 7.31. The van der Waals surface area contributed by atoms with E-state index in [9.17, 15) is 4.79 Å². The predicted molar refractivity (Wildman–Crippen MR) is 74.9 cm³/mol. The SMILES string of the molecule is COCCNC(C(N)=O)(c1ccc(Cl)cc1)C1CC1. The fourth-order valence-corrected chi connectivity index (χ4v) is 2.62. The smallest absolute Gasteiger partial charge is 0.242 e. The Morgan fingerprint density at radius 2 is 2.11 bits per heavy atom. The van der Waals surface area contributed by atoms with Crippen molar-refractivity contribution in [2.45, 2.75) is 18.4 Å². The van der Waals surface area contributed by atoms with Crippen LogP contribution >= 0.6 is 11.6 Å². The summed E-state index contributed by atoms with van der Waals surface area (Å²) in [5, 5.41) is 3.94. The van der Waals surface area contributed by atoms with Gasteiger partial charge in [0.15, 0.2) is 0 Å². The summed E-state index contributed by atoms with van der Waals surface area (Å²) in [5.74, 6) is -0.0866. The van der Waals surface area contributed by atoms with Crippen molar-refractivity contribution in [3.05, 3.63) is 34.9 Å². The van der Waals surface area contributed by atoms with Crippen LogP contribution in [0.4, 0.5) is 0 Å². The first-order valence-electron chi connectivity index (χ1n) is 6.41. The zero-order valence-corrected chi connectivity index (χ0v) is 11.7. The molecule has 0 aliphatic heterocycles. The van der Waals surface area contributed by atoms with Gasteiger partial charge in [-0.2, -0.15) is 0 Å². The van der Waals surface area contributed by atoms with Gasteiger partial charge in [0.05, 0.1) is 6.61 Å². The fourth-order valence-electron chi connectivity index (χ4n) is 2.49. The summed E-state index contributed by atoms with van der Waals surface area (Å²) in [4.78, 5) is 12.1. The van der Waals surface area contributed by atoms with Gasteiger partial charge in [-0.1, -0.05) is 23.7 Å². The van der Waals surface area contributed by atoms with E-state index in [1.807, 2.05) is 12.1 Å². The number of rotatable bonds is 7. The van der Waals surface area contributed by atoms with E-state index in [-0.39, 0.29) is 11.8 Å². The lowest BCUT2D eigenvalue weighted by molar-refractivity contribution is -0.125. The van der Waals surface area contributed by atoms with Crippen molar-refractivity contribution in [1.29, 1.82) is 0 Å². The molecule has 1 aromatic carbocycles. The van der Waals surface area contributed by atoms with Gasteiger partial charge in [-0.05, 0) is 36.5 Å². The van der Waals surface area contributed by atoms with Crippen LogP contribution < -0.4 is 11.1 Å². The quantitative estimate of drug-likeness (QED) is 0.748. The first kappa shape index (κ1) is 14.3. The molecule has 1 unspecified atom stereocenters. The summed E-state index contributed by atoms with van der Waals surface area (Å²) >= 11 is 5.91. The lowest BCUT2D eigenvalue weighted by Gasteiger charge is -2.32. The molecule has 19 heavy (non-hydrogen) atoms. The third-order valence-electron chi connectivity index (χ3n) is 3.59. The molecule has 104 valence electrons. The van der Waals surface area contributed by atoms with Gasteiger partial charge in [0.25, 0.3) is 0 Å². The first-order chi connectivity index (χ1) is 9.11. The average Bonchev–Trinajstić information content (AvgIpc) is 3.20. The molecule has 0 radical (unpaired) electrons. The number of nitrogens with one attached hydrogen (secondary N) is 1. The Balaban J connectivity index is 2.31. The number of nitrogens with two attached hydrogens (primary N) is 1. The number of ether oxygens (including phenoxy) is 1. The van der Waals surface area contributed by atoms with Gasteiger partial charge in [0, 0.05) is 18.7 Å². The average molecular weight is 283 g/mol. The Morgan fingerprint density at radius 1 is 1.47 bits per heavy atom. The molecule has 5 heteroatoms. The molecular weight excluding hydrogens is 264 g/mol. The van der Waals surface area contributed by atoms with E-state index in [0.717, 1.165) is 18.4 Å². The van der Waals surface area contributed by atoms with Crippen LogP contribution in [0.2, 0.25) is 5.02 Å². The van der Waals surface area contributed by atoms with Crippen LogP contribution in [0.15, 0.2) is 24.3 Å². The van der Waals surface area contributed by atoms with Crippen molar-refractivity contribution < 1.29 is 9.53 Å². The first-order valence-corrected chi connectivity index (χ1v) is 6.79. The Kier molecular flexibility index (Phi) is 4.45. The van der Waals surface area contributed by atoms with Gasteiger partial charge >= 0.3 is 0 Å². The molecule has 1 saturated carbocycles. The third-order valence-corrected chi connectivity index (χ3v) is 3.84. The van der Waals surface area contributed by atoms with Crippen LogP contribution in [0.1, 0.15) is 18.4 Å². The molecule has 1 aliphatic carbocycles. The largest absolute Gasteiger partial charge is 0.383 e. The van der Waals surface area contributed by atoms with Gasteiger partial charge in [0.2, 0.25) is 5.91 Å². The molecular formula is C14H19ClN2O2. The molecule has 0 aromatic heterocycles. The summed E-state index contributed by atoms with van der Waals surface area (Å²) in [5.41, 5.74) is 5.77. The Morgan fingerprint density at radius 3 is 2.58 bits per heavy atom. The normalized spacial score (nSPS) is 18.0. The van der Waals surface area contributed by atoms with Gasteiger partial charge in [-0.3, -0.25) is 10.1 Å². The highest BCUT2D eigenvalue weighted by Gasteiger charge is 2.50. The van der Waals surface area contributed by atoms with Crippen LogP contribution in [0.3, 0.4) is 0 Å². The minimum atomic E-state index is -0.802. The molecule has 2 rings (SSSR count). The van der Waals surface area contributed by atoms with E-state index in [0.29, 0.717) is 18.2 Å². The molecule has 0 saturated heterocycles. The highest BCUT2D eigenvalue weighted by Crippen LogP contribution is 2.45. The number of hydrogen-bond donors (Lipinski definition) is 2. The van der Waals surface area contributed by atoms with E-state index in [4.69, 9.17) is 22.1 Å². The lowest BCUT2D eigenvalue weighted by atomic mass is 9.84. The minimum absolute atomic E-state index is 0.253. The monoisotopic (exact) mass is 282 g/mol. The predicted octanol–water partition coefficient (Wildman–Crippen LogP) is 1.67. The second kappa shape index (κ2) is 5.90. The maximum absolute atomic E-state index is 12.1. The van der Waals surface area contributed by atoms with Crippen LogP contribution in [0, 0.1) is 5.92 Å². The van der Waals surface area contributed by atoms with Crippen LogP contribution in [0.5, 0.6) is 0 Å². The molecule has 1 atom stereocenters. The second-order valence-corrected chi connectivity index (χ2v) is 5.31. The van der Waals surface area contributed by atoms with Gasteiger partial charge in [0.1, 0.15) is 5.54 Å². The van der Waals surface area contributed by atoms with Gasteiger partial charge in [-0.15, -0.1) is 0 Å². The Hall–Kier alpha value is -1.10. The van der Waals surface area contributed by atoms with E-state index in [1.165, 1.54) is 0 Å². The summed E-state index contributed by atoms with van der Waals surface area (Å²) < 4.78 is 5.04. The van der Waals surface area contributed by atoms with Crippen molar-refractivity contribution in [2.24, 2.45) is 11.7 Å². The van der Waals surface area contributed by atoms with E-state index in [2.05, 4.69) is 5.32 Å². The molecule has 0 bridgehead atoms. The van der Waals surface area contributed by atoms with Crippen molar-refractivity contribution in [3.8, 4) is 0 Å². The number of carbonyl (C=O) groups is 1. The molecule has 1 aromatic rings. The van der Waals surface area contributed by atoms with E-state index >= 15 is 0 Å². The van der Waals surface area contributed by atoms with Crippen LogP contribution in [0.25, 0.3) is 0 Å². The van der Waals surface area contributed by atoms with Gasteiger partial charge < -0.3 is 10.5 Å². The minimum Gasteiger partial charge on any atom is -0.383 e. The number of halogens is 1. The van der Waals surface area contributed by atoms with Crippen molar-refractivity contribution in [3.63, 3.8) is 0 Å². The maximum Gasteiger partial charge on any atom is 0.242 e. The van der Waals surface area contributed by atoms with Gasteiger partial charge in [-0.25, -0.2) is 0 Å². The maximum atomic E-state index is 12.1. The number of carbonyl (C=O) groups excluding carboxylic acids is 1. The standard InChI is InChI=1S/C14H19ClN2O2/c1-19-9-8-17-14(13(16)18,10-2-3-10)11-4-6-12(15)7-5-11/h4-7,10,17H,2-3,8-9H2,1H3,(H2,16,18). The topological polar surface area (TPSA) is 64.3 Å². The van der Waals surface area contributed by atoms with Crippen molar-refractivity contribution >= 4 is 17.5 Å². The van der Waals surface area contributed by atoms with E-state index in [1.54, 1.807) is 19.2 Å². The number of hydrogen-bond acceptors (Lipinski definition) is 3. The zero-order valence-electron chi connectivity index (χ0n) is 11.0. The lowest BCUT2D eigenvalue weighted by Crippen LogP contribution is -2.55. The Bertz CT molecular complexity index is 445. The number of amides is 1. The molecule has 1 amide bonds. The number of methoxy groups -OCH3 is 1. The van der Waals surface area contributed by atoms with Crippen molar-refractivity contribution in [1.82, 2.24) is 5.32 Å². The third kappa shape index (κ3) is 2.91. The van der Waals surface area contributed by atoms with Crippen LogP contribution in [-0.2, 0) is 15.1 Å². The molecule has 1 fully saturated rings. The second-order valence-electron chi connectivity index (χ2n) is 4.87. The molecule has 3 N–H and O–H groups in total. The summed E-state index contributed by atoms with van der Waals surface area (Å²) in [7, 11) is 1.63. The highest BCUT2D eigenvalue weighted by atomic mass is 35.5. The number of primary amides is 1. The summed E-state index contributed by atoms with van der Waals surface area (Å²) in [6.07, 6.45) is 2.01. The fraction of sp³-hybridized carbons (Fsp3) is 0.500. The summed E-state index contributed by atoms with van der Waals surface area (Å²) in [6.45, 7) is 1.12. The van der Waals surface area contributed by atoms with Crippen LogP contribution in [-0.4, -0.2) is 26.2 Å². The molecule has 1 aliphatic rings. The Labute approximate surface area is 118 Å². The van der Waals surface area contributed by atoms with E-state index < -0.39 is 5.54 Å². The number of benzene rings is 1. The van der Waals surface area contributed by atoms with Crippen molar-refractivity contribution in [2.75, 3.05) is 20.3 Å². The highest BCUT2D eigenvalue weighted by molar-refractivity contribution is 6.30.